The van der Waals surface area contributed by atoms with Crippen LogP contribution in [0.1, 0.15) is 12.0 Å². The molecular weight excluding hydrogens is 372 g/mol. The predicted octanol–water partition coefficient (Wildman–Crippen LogP) is -0.295. The first-order valence-electron chi connectivity index (χ1n) is 7.13. The molecule has 0 spiro atoms. The summed E-state index contributed by atoms with van der Waals surface area (Å²) in [6.07, 6.45) is 3.42. The number of hydrogen-bond donors (Lipinski definition) is 1. The van der Waals surface area contributed by atoms with Crippen LogP contribution in [0.15, 0.2) is 36.7 Å². The van der Waals surface area contributed by atoms with E-state index >= 15 is 0 Å². The number of benzene rings is 1. The molecule has 0 fully saturated rings. The van der Waals surface area contributed by atoms with Crippen molar-refractivity contribution < 1.29 is 9.18 Å². The van der Waals surface area contributed by atoms with E-state index in [1.54, 1.807) is 23.0 Å². The number of carbonyl (C=O) groups excluding carboxylic acids is 1. The second kappa shape index (κ2) is 6.81. The third kappa shape index (κ3) is 3.44. The van der Waals surface area contributed by atoms with Gasteiger partial charge in [0.15, 0.2) is 0 Å². The zero-order valence-electron chi connectivity index (χ0n) is 12.5. The topological polar surface area (TPSA) is 97.6 Å². The molecule has 6 nitrogen and oxygen atoms in total. The van der Waals surface area contributed by atoms with Crippen molar-refractivity contribution in [2.24, 2.45) is 5.73 Å². The van der Waals surface area contributed by atoms with E-state index in [4.69, 9.17) is 5.73 Å². The van der Waals surface area contributed by atoms with Crippen LogP contribution in [-0.4, -0.2) is 36.2 Å². The molecule has 1 amide bonds. The summed E-state index contributed by atoms with van der Waals surface area (Å²) in [4.78, 5) is 19.9. The van der Waals surface area contributed by atoms with Gasteiger partial charge in [-0.15, -0.1) is 0 Å². The van der Waals surface area contributed by atoms with E-state index in [0.717, 1.165) is 4.35 Å². The molecule has 0 bridgehead atoms. The van der Waals surface area contributed by atoms with Crippen molar-refractivity contribution in [2.45, 2.75) is 13.0 Å². The Hall–Kier alpha value is -2.71. The van der Waals surface area contributed by atoms with E-state index in [1.807, 2.05) is 6.07 Å². The van der Waals surface area contributed by atoms with Crippen LogP contribution in [0.5, 0.6) is 0 Å². The molecule has 24 heavy (non-hydrogen) atoms. The number of nitrogens with two attached hydrogens (primary N) is 1. The van der Waals surface area contributed by atoms with Gasteiger partial charge in [-0.1, -0.05) is 0 Å². The number of nitrogens with zero attached hydrogens (tertiary/aromatic N) is 4. The van der Waals surface area contributed by atoms with Gasteiger partial charge in [0.25, 0.3) is 0 Å². The first-order valence-corrected chi connectivity index (χ1v) is 9.23. The summed E-state index contributed by atoms with van der Waals surface area (Å²) in [7, 11) is 0. The molecule has 1 atom stereocenters. The van der Waals surface area contributed by atoms with Crippen LogP contribution in [0.3, 0.4) is 0 Å². The molecule has 2 aromatic heterocycles. The second-order valence-electron chi connectivity index (χ2n) is 5.13. The van der Waals surface area contributed by atoms with E-state index in [9.17, 15) is 14.4 Å². The van der Waals surface area contributed by atoms with Gasteiger partial charge in [0.2, 0.25) is 0 Å². The number of aryl methyl sites for hydroxylation is 1. The maximum atomic E-state index is 13.3. The van der Waals surface area contributed by atoms with Gasteiger partial charge in [0.05, 0.1) is 0 Å². The van der Waals surface area contributed by atoms with E-state index in [2.05, 4.69) is 16.0 Å². The molecule has 0 saturated carbocycles. The SMILES string of the molecule is N#Cc1cn(CCC(N)=O)c2nc([AsH]c3cccc(F)c3)ncc12. The van der Waals surface area contributed by atoms with Gasteiger partial charge < -0.3 is 0 Å². The number of fused-ring (bicyclic) bond motifs is 1. The summed E-state index contributed by atoms with van der Waals surface area (Å²) in [6, 6.07) is 8.49. The van der Waals surface area contributed by atoms with E-state index < -0.39 is 21.7 Å². The second-order valence-corrected chi connectivity index (χ2v) is 7.80. The summed E-state index contributed by atoms with van der Waals surface area (Å²) in [5.74, 6) is -0.702. The molecule has 0 aliphatic rings. The molecule has 0 saturated heterocycles. The zero-order chi connectivity index (χ0) is 17.1. The molecule has 0 radical (unpaired) electrons. The molecule has 3 aromatic rings. The minimum absolute atomic E-state index is 0.161. The molecular formula is C16H13AsFN5O. The van der Waals surface area contributed by atoms with Gasteiger partial charge >= 0.3 is 143 Å². The van der Waals surface area contributed by atoms with Gasteiger partial charge in [0, 0.05) is 0 Å². The molecule has 1 aromatic carbocycles. The Morgan fingerprint density at radius 1 is 1.46 bits per heavy atom. The van der Waals surface area contributed by atoms with Gasteiger partial charge in [-0.2, -0.15) is 0 Å². The fourth-order valence-corrected chi connectivity index (χ4v) is 4.28. The summed E-state index contributed by atoms with van der Waals surface area (Å²) < 4.78 is 16.6. The number of hydrogen-bond acceptors (Lipinski definition) is 4. The van der Waals surface area contributed by atoms with E-state index in [0.29, 0.717) is 27.8 Å². The average Bonchev–Trinajstić information content (AvgIpc) is 2.90. The van der Waals surface area contributed by atoms with Crippen molar-refractivity contribution in [2.75, 3.05) is 0 Å². The summed E-state index contributed by atoms with van der Waals surface area (Å²) in [5.41, 5.74) is 6.24. The molecule has 1 unspecified atom stereocenters. The van der Waals surface area contributed by atoms with Crippen LogP contribution >= 0.6 is 0 Å². The summed E-state index contributed by atoms with van der Waals surface area (Å²) in [5, 5.41) is 9.85. The van der Waals surface area contributed by atoms with E-state index in [1.165, 1.54) is 12.1 Å². The number of primary amides is 1. The molecule has 0 aliphatic heterocycles. The third-order valence-corrected chi connectivity index (χ3v) is 5.65. The number of carbonyl (C=O) groups is 1. The Kier molecular flexibility index (Phi) is 4.59. The summed E-state index contributed by atoms with van der Waals surface area (Å²) >= 11 is -0.896. The maximum absolute atomic E-state index is 13.3. The van der Waals surface area contributed by atoms with Crippen molar-refractivity contribution in [3.63, 3.8) is 0 Å². The van der Waals surface area contributed by atoms with Crippen LogP contribution in [0.25, 0.3) is 11.0 Å². The van der Waals surface area contributed by atoms with E-state index in [-0.39, 0.29) is 12.2 Å². The number of aromatic nitrogens is 3. The predicted molar refractivity (Wildman–Crippen MR) is 88.9 cm³/mol. The number of nitriles is 1. The fourth-order valence-electron chi connectivity index (χ4n) is 2.31. The molecule has 120 valence electrons. The molecule has 2 N–H and O–H groups in total. The van der Waals surface area contributed by atoms with Crippen molar-refractivity contribution in [1.29, 1.82) is 5.26 Å². The third-order valence-electron chi connectivity index (χ3n) is 3.42. The van der Waals surface area contributed by atoms with Gasteiger partial charge in [-0.25, -0.2) is 0 Å². The Balaban J connectivity index is 1.98. The number of halogens is 1. The van der Waals surface area contributed by atoms with Crippen molar-refractivity contribution in [1.82, 2.24) is 14.5 Å². The molecule has 3 rings (SSSR count). The first-order chi connectivity index (χ1) is 11.6. The van der Waals surface area contributed by atoms with Gasteiger partial charge in [0.1, 0.15) is 0 Å². The summed E-state index contributed by atoms with van der Waals surface area (Å²) in [6.45, 7) is 0.351. The Morgan fingerprint density at radius 3 is 3.00 bits per heavy atom. The molecule has 8 heteroatoms. The number of amides is 1. The normalized spacial score (nSPS) is 11.2. The van der Waals surface area contributed by atoms with Crippen LogP contribution in [-0.2, 0) is 11.3 Å². The zero-order valence-corrected chi connectivity index (χ0v) is 14.6. The van der Waals surface area contributed by atoms with Crippen LogP contribution in [0.4, 0.5) is 4.39 Å². The Morgan fingerprint density at radius 2 is 2.29 bits per heavy atom. The first kappa shape index (κ1) is 16.2. The Labute approximate surface area is 143 Å². The minimum atomic E-state index is -0.896. The van der Waals surface area contributed by atoms with Crippen LogP contribution in [0.2, 0.25) is 0 Å². The average molecular weight is 385 g/mol. The van der Waals surface area contributed by atoms with Crippen molar-refractivity contribution in [3.05, 3.63) is 48.0 Å². The fraction of sp³-hybridized carbons (Fsp3) is 0.125. The standard InChI is InChI=1S/C16H13AsFN5O/c18-12-3-1-2-11(6-12)17-16-21-8-13-10(7-19)9-23(15(13)22-16)5-4-14(20)24/h1-3,6,8-9,17H,4-5H2,(H2,20,24). The van der Waals surface area contributed by atoms with Crippen molar-refractivity contribution >= 4 is 41.7 Å². The molecule has 0 aliphatic carbocycles. The Bertz CT molecular complexity index is 963. The van der Waals surface area contributed by atoms with Crippen LogP contribution < -0.4 is 14.7 Å². The van der Waals surface area contributed by atoms with Gasteiger partial charge in [-0.3, -0.25) is 0 Å². The monoisotopic (exact) mass is 385 g/mol. The quantitative estimate of drug-likeness (QED) is 0.610. The van der Waals surface area contributed by atoms with Gasteiger partial charge in [-0.05, 0) is 0 Å². The van der Waals surface area contributed by atoms with Crippen LogP contribution in [0, 0.1) is 17.1 Å². The van der Waals surface area contributed by atoms with Crippen molar-refractivity contribution in [3.8, 4) is 6.07 Å². The molecule has 2 heterocycles. The number of rotatable bonds is 5.